The molecule has 0 atom stereocenters. The highest BCUT2D eigenvalue weighted by Crippen LogP contribution is 2.49. The van der Waals surface area contributed by atoms with Gasteiger partial charge < -0.3 is 9.05 Å². The zero-order valence-electron chi connectivity index (χ0n) is 12.2. The number of rotatable bonds is 5. The van der Waals surface area contributed by atoms with Gasteiger partial charge >= 0.3 is 7.60 Å². The molecule has 0 radical (unpaired) electrons. The molecule has 0 N–H and O–H groups in total. The molecule has 102 valence electrons. The Kier molecular flexibility index (Phi) is 5.15. The van der Waals surface area contributed by atoms with Crippen LogP contribution in [0.25, 0.3) is 0 Å². The minimum atomic E-state index is -3.20. The van der Waals surface area contributed by atoms with Gasteiger partial charge in [-0.25, -0.2) is 0 Å². The molecule has 0 bridgehead atoms. The van der Waals surface area contributed by atoms with Gasteiger partial charge in [-0.3, -0.25) is 4.57 Å². The third-order valence-electron chi connectivity index (χ3n) is 3.20. The molecular formula is C14H23O3P. The Bertz CT molecular complexity index is 444. The van der Waals surface area contributed by atoms with E-state index in [1.807, 2.05) is 41.5 Å². The molecule has 0 saturated carbocycles. The Morgan fingerprint density at radius 3 is 1.67 bits per heavy atom. The summed E-state index contributed by atoms with van der Waals surface area (Å²) < 4.78 is 23.8. The summed E-state index contributed by atoms with van der Waals surface area (Å²) in [5, 5.41) is 0.740. The number of hydrogen-bond donors (Lipinski definition) is 0. The second-order valence-electron chi connectivity index (χ2n) is 4.44. The molecule has 0 aliphatic carbocycles. The van der Waals surface area contributed by atoms with Gasteiger partial charge in [-0.2, -0.15) is 0 Å². The van der Waals surface area contributed by atoms with Crippen molar-refractivity contribution in [3.63, 3.8) is 0 Å². The molecule has 3 nitrogen and oxygen atoms in total. The minimum Gasteiger partial charge on any atom is -0.305 e. The highest BCUT2D eigenvalue weighted by atomic mass is 31.2. The van der Waals surface area contributed by atoms with E-state index in [4.69, 9.17) is 9.05 Å². The van der Waals surface area contributed by atoms with Crippen molar-refractivity contribution in [1.29, 1.82) is 0 Å². The van der Waals surface area contributed by atoms with Crippen molar-refractivity contribution >= 4 is 12.9 Å². The standard InChI is InChI=1S/C14H23O3P/c1-7-16-18(15,17-8-2)14-12(5)10(3)9-11(4)13(14)6/h9H,7-8H2,1-6H3. The van der Waals surface area contributed by atoms with Crippen LogP contribution in [-0.2, 0) is 13.6 Å². The van der Waals surface area contributed by atoms with E-state index in [2.05, 4.69) is 6.07 Å². The lowest BCUT2D eigenvalue weighted by Crippen LogP contribution is -2.19. The maximum Gasteiger partial charge on any atom is 0.361 e. The molecular weight excluding hydrogens is 247 g/mol. The van der Waals surface area contributed by atoms with Crippen LogP contribution < -0.4 is 5.30 Å². The average Bonchev–Trinajstić information content (AvgIpc) is 2.27. The van der Waals surface area contributed by atoms with Crippen LogP contribution in [0.4, 0.5) is 0 Å². The summed E-state index contributed by atoms with van der Waals surface area (Å²) in [6, 6.07) is 2.11. The van der Waals surface area contributed by atoms with Crippen molar-refractivity contribution in [3.05, 3.63) is 28.3 Å². The molecule has 0 aromatic heterocycles. The van der Waals surface area contributed by atoms with Crippen LogP contribution in [-0.4, -0.2) is 13.2 Å². The van der Waals surface area contributed by atoms with Crippen LogP contribution in [0.1, 0.15) is 36.1 Å². The molecule has 0 aliphatic rings. The molecule has 0 unspecified atom stereocenters. The summed E-state index contributed by atoms with van der Waals surface area (Å²) in [5.74, 6) is 0. The number of hydrogen-bond acceptors (Lipinski definition) is 3. The fourth-order valence-electron chi connectivity index (χ4n) is 2.11. The zero-order chi connectivity index (χ0) is 13.9. The van der Waals surface area contributed by atoms with E-state index >= 15 is 0 Å². The highest BCUT2D eigenvalue weighted by Gasteiger charge is 2.31. The normalized spacial score (nSPS) is 11.9. The quantitative estimate of drug-likeness (QED) is 0.763. The molecule has 0 fully saturated rings. The largest absolute Gasteiger partial charge is 0.361 e. The first-order chi connectivity index (χ1) is 8.37. The predicted octanol–water partition coefficient (Wildman–Crippen LogP) is 3.81. The number of aryl methyl sites for hydroxylation is 2. The highest BCUT2D eigenvalue weighted by molar-refractivity contribution is 7.62. The van der Waals surface area contributed by atoms with Crippen LogP contribution in [0.3, 0.4) is 0 Å². The molecule has 4 heteroatoms. The van der Waals surface area contributed by atoms with Crippen LogP contribution in [0.5, 0.6) is 0 Å². The van der Waals surface area contributed by atoms with Gasteiger partial charge in [-0.15, -0.1) is 0 Å². The van der Waals surface area contributed by atoms with Gasteiger partial charge in [0.15, 0.2) is 0 Å². The molecule has 0 aliphatic heterocycles. The Labute approximate surface area is 110 Å². The van der Waals surface area contributed by atoms with Crippen molar-refractivity contribution in [3.8, 4) is 0 Å². The first-order valence-electron chi connectivity index (χ1n) is 6.34. The Morgan fingerprint density at radius 2 is 1.33 bits per heavy atom. The lowest BCUT2D eigenvalue weighted by atomic mass is 10.0. The van der Waals surface area contributed by atoms with Crippen LogP contribution in [0.15, 0.2) is 6.07 Å². The summed E-state index contributed by atoms with van der Waals surface area (Å²) in [5.41, 5.74) is 4.24. The van der Waals surface area contributed by atoms with Crippen molar-refractivity contribution in [2.45, 2.75) is 41.5 Å². The Balaban J connectivity index is 3.50. The van der Waals surface area contributed by atoms with E-state index in [0.717, 1.165) is 27.6 Å². The maximum atomic E-state index is 12.9. The van der Waals surface area contributed by atoms with E-state index in [1.54, 1.807) is 0 Å². The van der Waals surface area contributed by atoms with Gasteiger partial charge in [0.25, 0.3) is 0 Å². The minimum absolute atomic E-state index is 0.378. The molecule has 0 amide bonds. The van der Waals surface area contributed by atoms with Gasteiger partial charge in [0.2, 0.25) is 0 Å². The SMILES string of the molecule is CCOP(=O)(OCC)c1c(C)c(C)cc(C)c1C. The lowest BCUT2D eigenvalue weighted by molar-refractivity contribution is 0.229. The summed E-state index contributed by atoms with van der Waals surface area (Å²) in [7, 11) is -3.20. The fraction of sp³-hybridized carbons (Fsp3) is 0.571. The van der Waals surface area contributed by atoms with Gasteiger partial charge in [0, 0.05) is 0 Å². The van der Waals surface area contributed by atoms with Gasteiger partial charge in [0.1, 0.15) is 0 Å². The lowest BCUT2D eigenvalue weighted by Gasteiger charge is -2.23. The van der Waals surface area contributed by atoms with Crippen molar-refractivity contribution in [1.82, 2.24) is 0 Å². The first kappa shape index (κ1) is 15.4. The second kappa shape index (κ2) is 6.01. The van der Waals surface area contributed by atoms with Gasteiger partial charge in [-0.05, 0) is 63.8 Å². The van der Waals surface area contributed by atoms with E-state index in [-0.39, 0.29) is 0 Å². The average molecular weight is 270 g/mol. The van der Waals surface area contributed by atoms with Gasteiger partial charge in [0.05, 0.1) is 18.5 Å². The van der Waals surface area contributed by atoms with E-state index in [9.17, 15) is 4.57 Å². The Morgan fingerprint density at radius 1 is 0.944 bits per heavy atom. The Hall–Kier alpha value is -0.630. The summed E-state index contributed by atoms with van der Waals surface area (Å²) in [4.78, 5) is 0. The van der Waals surface area contributed by atoms with E-state index in [1.165, 1.54) is 0 Å². The molecule has 1 aromatic rings. The molecule has 0 saturated heterocycles. The third-order valence-corrected chi connectivity index (χ3v) is 5.61. The van der Waals surface area contributed by atoms with Crippen LogP contribution in [0.2, 0.25) is 0 Å². The number of benzene rings is 1. The second-order valence-corrected chi connectivity index (χ2v) is 6.40. The van der Waals surface area contributed by atoms with E-state index < -0.39 is 7.60 Å². The fourth-order valence-corrected chi connectivity index (χ4v) is 4.30. The maximum absolute atomic E-state index is 12.9. The van der Waals surface area contributed by atoms with Crippen molar-refractivity contribution in [2.24, 2.45) is 0 Å². The summed E-state index contributed by atoms with van der Waals surface area (Å²) in [6.07, 6.45) is 0. The topological polar surface area (TPSA) is 35.5 Å². The monoisotopic (exact) mass is 270 g/mol. The summed E-state index contributed by atoms with van der Waals surface area (Å²) in [6.45, 7) is 12.4. The molecule has 1 rings (SSSR count). The summed E-state index contributed by atoms with van der Waals surface area (Å²) >= 11 is 0. The predicted molar refractivity (Wildman–Crippen MR) is 75.9 cm³/mol. The third kappa shape index (κ3) is 2.85. The van der Waals surface area contributed by atoms with Crippen molar-refractivity contribution < 1.29 is 13.6 Å². The van der Waals surface area contributed by atoms with Crippen LogP contribution in [0, 0.1) is 27.7 Å². The van der Waals surface area contributed by atoms with E-state index in [0.29, 0.717) is 13.2 Å². The zero-order valence-corrected chi connectivity index (χ0v) is 13.1. The molecule has 0 heterocycles. The molecule has 1 aromatic carbocycles. The smallest absolute Gasteiger partial charge is 0.305 e. The molecule has 0 spiro atoms. The molecule has 18 heavy (non-hydrogen) atoms. The first-order valence-corrected chi connectivity index (χ1v) is 7.88. The van der Waals surface area contributed by atoms with Gasteiger partial charge in [-0.1, -0.05) is 6.07 Å². The van der Waals surface area contributed by atoms with Crippen LogP contribution >= 0.6 is 7.60 Å². The van der Waals surface area contributed by atoms with Crippen molar-refractivity contribution in [2.75, 3.05) is 13.2 Å².